The van der Waals surface area contributed by atoms with Gasteiger partial charge in [-0.1, -0.05) is 44.2 Å². The van der Waals surface area contributed by atoms with Gasteiger partial charge < -0.3 is 0 Å². The first kappa shape index (κ1) is 17.7. The Hall–Kier alpha value is -1.70. The van der Waals surface area contributed by atoms with Crippen LogP contribution in [0.2, 0.25) is 0 Å². The number of nitrogens with zero attached hydrogens (tertiary/aromatic N) is 4. The molecule has 1 aromatic heterocycles. The Balaban J connectivity index is 2.04. The van der Waals surface area contributed by atoms with Crippen LogP contribution in [-0.2, 0) is 23.3 Å². The minimum Gasteiger partial charge on any atom is -0.268 e. The van der Waals surface area contributed by atoms with Gasteiger partial charge in [0.05, 0.1) is 12.7 Å². The van der Waals surface area contributed by atoms with Gasteiger partial charge in [0.25, 0.3) is 10.2 Å². The Morgan fingerprint density at radius 3 is 2.35 bits per heavy atom. The molecule has 6 nitrogen and oxygen atoms in total. The predicted octanol–water partition coefficient (Wildman–Crippen LogP) is 1.95. The molecule has 1 aromatic carbocycles. The Morgan fingerprint density at radius 1 is 1.09 bits per heavy atom. The van der Waals surface area contributed by atoms with Crippen LogP contribution in [0.4, 0.5) is 0 Å². The summed E-state index contributed by atoms with van der Waals surface area (Å²) in [5.74, 6) is 0. The van der Waals surface area contributed by atoms with Gasteiger partial charge in [-0.2, -0.15) is 22.1 Å². The standard InChI is InChI=1S/C16H24N4O2S/c1-4-20(5-2)23(21,22)18(3)12-16-11-17-19(14-16)13-15-9-7-6-8-10-15/h6-11,14H,4-5,12-13H2,1-3H3. The Morgan fingerprint density at radius 2 is 1.74 bits per heavy atom. The van der Waals surface area contributed by atoms with Crippen LogP contribution >= 0.6 is 0 Å². The molecule has 0 amide bonds. The molecule has 126 valence electrons. The van der Waals surface area contributed by atoms with Crippen LogP contribution in [0.15, 0.2) is 42.7 Å². The molecule has 0 fully saturated rings. The van der Waals surface area contributed by atoms with E-state index >= 15 is 0 Å². The van der Waals surface area contributed by atoms with Gasteiger partial charge in [-0.05, 0) is 5.56 Å². The van der Waals surface area contributed by atoms with Gasteiger partial charge in [-0.15, -0.1) is 0 Å². The van der Waals surface area contributed by atoms with E-state index in [1.807, 2.05) is 55.1 Å². The van der Waals surface area contributed by atoms with Crippen molar-refractivity contribution in [1.82, 2.24) is 18.4 Å². The topological polar surface area (TPSA) is 58.4 Å². The van der Waals surface area contributed by atoms with Crippen molar-refractivity contribution in [2.24, 2.45) is 0 Å². The quantitative estimate of drug-likeness (QED) is 0.740. The first-order valence-corrected chi connectivity index (χ1v) is 9.13. The molecular weight excluding hydrogens is 312 g/mol. The number of hydrogen-bond donors (Lipinski definition) is 0. The van der Waals surface area contributed by atoms with Crippen molar-refractivity contribution in [3.8, 4) is 0 Å². The highest BCUT2D eigenvalue weighted by molar-refractivity contribution is 7.86. The fourth-order valence-corrected chi connectivity index (χ4v) is 3.79. The van der Waals surface area contributed by atoms with E-state index in [2.05, 4.69) is 5.10 Å². The Labute approximate surface area is 138 Å². The fraction of sp³-hybridized carbons (Fsp3) is 0.438. The third-order valence-electron chi connectivity index (χ3n) is 3.70. The number of hydrogen-bond acceptors (Lipinski definition) is 3. The highest BCUT2D eigenvalue weighted by Gasteiger charge is 2.24. The molecule has 0 aliphatic heterocycles. The normalized spacial score (nSPS) is 12.2. The van der Waals surface area contributed by atoms with E-state index in [0.717, 1.165) is 11.1 Å². The van der Waals surface area contributed by atoms with Crippen LogP contribution in [0, 0.1) is 0 Å². The van der Waals surface area contributed by atoms with Crippen molar-refractivity contribution in [3.05, 3.63) is 53.9 Å². The van der Waals surface area contributed by atoms with E-state index in [4.69, 9.17) is 0 Å². The maximum atomic E-state index is 12.4. The molecule has 0 aliphatic rings. The van der Waals surface area contributed by atoms with Gasteiger partial charge in [-0.25, -0.2) is 0 Å². The second-order valence-electron chi connectivity index (χ2n) is 5.38. The van der Waals surface area contributed by atoms with Crippen LogP contribution in [0.5, 0.6) is 0 Å². The van der Waals surface area contributed by atoms with Gasteiger partial charge in [0.15, 0.2) is 0 Å². The third-order valence-corrected chi connectivity index (χ3v) is 5.79. The van der Waals surface area contributed by atoms with Crippen molar-refractivity contribution in [2.45, 2.75) is 26.9 Å². The monoisotopic (exact) mass is 336 g/mol. The summed E-state index contributed by atoms with van der Waals surface area (Å²) >= 11 is 0. The summed E-state index contributed by atoms with van der Waals surface area (Å²) in [6, 6.07) is 10.0. The molecular formula is C16H24N4O2S. The SMILES string of the molecule is CCN(CC)S(=O)(=O)N(C)Cc1cnn(Cc2ccccc2)c1. The Kier molecular flexibility index (Phi) is 5.92. The molecule has 0 spiro atoms. The van der Waals surface area contributed by atoms with Crippen LogP contribution in [0.1, 0.15) is 25.0 Å². The highest BCUT2D eigenvalue weighted by atomic mass is 32.2. The lowest BCUT2D eigenvalue weighted by Gasteiger charge is -2.25. The highest BCUT2D eigenvalue weighted by Crippen LogP contribution is 2.11. The van der Waals surface area contributed by atoms with E-state index in [0.29, 0.717) is 26.2 Å². The number of benzene rings is 1. The van der Waals surface area contributed by atoms with Crippen molar-refractivity contribution in [3.63, 3.8) is 0 Å². The van der Waals surface area contributed by atoms with Crippen LogP contribution < -0.4 is 0 Å². The van der Waals surface area contributed by atoms with Crippen molar-refractivity contribution in [1.29, 1.82) is 0 Å². The molecule has 0 saturated heterocycles. The van der Waals surface area contributed by atoms with Gasteiger partial charge in [0.1, 0.15) is 0 Å². The number of aromatic nitrogens is 2. The Bertz CT molecular complexity index is 709. The maximum absolute atomic E-state index is 12.4. The molecule has 7 heteroatoms. The minimum atomic E-state index is -3.42. The summed E-state index contributed by atoms with van der Waals surface area (Å²) in [5, 5.41) is 4.31. The average Bonchev–Trinajstić information content (AvgIpc) is 2.96. The zero-order valence-corrected chi connectivity index (χ0v) is 14.7. The van der Waals surface area contributed by atoms with E-state index in [-0.39, 0.29) is 0 Å². The third kappa shape index (κ3) is 4.40. The molecule has 0 atom stereocenters. The molecule has 0 radical (unpaired) electrons. The second-order valence-corrected chi connectivity index (χ2v) is 7.42. The van der Waals surface area contributed by atoms with E-state index in [1.54, 1.807) is 13.2 Å². The van der Waals surface area contributed by atoms with Gasteiger partial charge in [0.2, 0.25) is 0 Å². The summed E-state index contributed by atoms with van der Waals surface area (Å²) in [6.07, 6.45) is 3.61. The number of rotatable bonds is 8. The minimum absolute atomic E-state index is 0.313. The lowest BCUT2D eigenvalue weighted by Crippen LogP contribution is -2.41. The lowest BCUT2D eigenvalue weighted by atomic mass is 10.2. The van der Waals surface area contributed by atoms with E-state index in [9.17, 15) is 8.42 Å². The summed E-state index contributed by atoms with van der Waals surface area (Å²) < 4.78 is 29.5. The maximum Gasteiger partial charge on any atom is 0.282 e. The zero-order valence-electron chi connectivity index (χ0n) is 13.9. The van der Waals surface area contributed by atoms with Gasteiger partial charge in [0, 0.05) is 38.4 Å². The smallest absolute Gasteiger partial charge is 0.268 e. The van der Waals surface area contributed by atoms with Crippen LogP contribution in [0.3, 0.4) is 0 Å². The molecule has 0 unspecified atom stereocenters. The van der Waals surface area contributed by atoms with Crippen molar-refractivity contribution in [2.75, 3.05) is 20.1 Å². The molecule has 2 rings (SSSR count). The van der Waals surface area contributed by atoms with E-state index < -0.39 is 10.2 Å². The van der Waals surface area contributed by atoms with Crippen molar-refractivity contribution < 1.29 is 8.42 Å². The summed E-state index contributed by atoms with van der Waals surface area (Å²) in [4.78, 5) is 0. The van der Waals surface area contributed by atoms with Gasteiger partial charge in [-0.3, -0.25) is 4.68 Å². The molecule has 2 aromatic rings. The predicted molar refractivity (Wildman–Crippen MR) is 91.1 cm³/mol. The molecule has 0 saturated carbocycles. The zero-order chi connectivity index (χ0) is 16.9. The second kappa shape index (κ2) is 7.72. The van der Waals surface area contributed by atoms with Crippen molar-refractivity contribution >= 4 is 10.2 Å². The largest absolute Gasteiger partial charge is 0.282 e. The van der Waals surface area contributed by atoms with Gasteiger partial charge >= 0.3 is 0 Å². The summed E-state index contributed by atoms with van der Waals surface area (Å²) in [6.45, 7) is 5.60. The molecule has 0 aliphatic carbocycles. The fourth-order valence-electron chi connectivity index (χ4n) is 2.43. The lowest BCUT2D eigenvalue weighted by molar-refractivity contribution is 0.375. The van der Waals surface area contributed by atoms with E-state index in [1.165, 1.54) is 8.61 Å². The first-order valence-electron chi connectivity index (χ1n) is 7.74. The average molecular weight is 336 g/mol. The van der Waals surface area contributed by atoms with Crippen LogP contribution in [0.25, 0.3) is 0 Å². The molecule has 23 heavy (non-hydrogen) atoms. The van der Waals surface area contributed by atoms with Crippen LogP contribution in [-0.4, -0.2) is 46.9 Å². The molecule has 0 bridgehead atoms. The molecule has 1 heterocycles. The first-order chi connectivity index (χ1) is 11.0. The summed E-state index contributed by atoms with van der Waals surface area (Å²) in [7, 11) is -1.82. The molecule has 0 N–H and O–H groups in total. The summed E-state index contributed by atoms with van der Waals surface area (Å²) in [5.41, 5.74) is 2.03.